The van der Waals surface area contributed by atoms with Gasteiger partial charge in [0.15, 0.2) is 0 Å². The summed E-state index contributed by atoms with van der Waals surface area (Å²) in [7, 11) is 0. The van der Waals surface area contributed by atoms with Crippen molar-refractivity contribution in [3.05, 3.63) is 29.6 Å². The fraction of sp³-hybridized carbons (Fsp3) is 0.222. The number of benzene rings is 1. The molecule has 0 radical (unpaired) electrons. The van der Waals surface area contributed by atoms with Crippen LogP contribution in [0.2, 0.25) is 0 Å². The van der Waals surface area contributed by atoms with Crippen molar-refractivity contribution in [1.82, 2.24) is 9.97 Å². The van der Waals surface area contributed by atoms with Gasteiger partial charge in [0.1, 0.15) is 5.82 Å². The van der Waals surface area contributed by atoms with E-state index < -0.39 is 0 Å². The highest BCUT2D eigenvalue weighted by Gasteiger charge is 2.01. The molecule has 0 fully saturated rings. The van der Waals surface area contributed by atoms with Crippen LogP contribution in [0.25, 0.3) is 11.0 Å². The largest absolute Gasteiger partial charge is 0.392 e. The molecule has 1 aromatic carbocycles. The van der Waals surface area contributed by atoms with Crippen LogP contribution in [0.15, 0.2) is 18.2 Å². The Kier molecular flexibility index (Phi) is 2.00. The van der Waals surface area contributed by atoms with E-state index in [1.54, 1.807) is 0 Å². The van der Waals surface area contributed by atoms with Gasteiger partial charge in [-0.2, -0.15) is 0 Å². The molecule has 0 spiro atoms. The van der Waals surface area contributed by atoms with E-state index in [-0.39, 0.29) is 6.61 Å². The monoisotopic (exact) mass is 177 g/mol. The van der Waals surface area contributed by atoms with Gasteiger partial charge in [0.05, 0.1) is 24.2 Å². The molecule has 4 nitrogen and oxygen atoms in total. The Balaban J connectivity index is 2.57. The number of imidazole rings is 1. The molecule has 4 N–H and O–H groups in total. The number of aliphatic hydroxyl groups excluding tert-OH is 1. The van der Waals surface area contributed by atoms with Crippen molar-refractivity contribution in [3.63, 3.8) is 0 Å². The van der Waals surface area contributed by atoms with E-state index in [4.69, 9.17) is 10.8 Å². The van der Waals surface area contributed by atoms with Gasteiger partial charge in [-0.05, 0) is 17.7 Å². The molecule has 2 aromatic rings. The van der Waals surface area contributed by atoms with Crippen LogP contribution in [0.3, 0.4) is 0 Å². The van der Waals surface area contributed by atoms with E-state index in [9.17, 15) is 0 Å². The minimum absolute atomic E-state index is 0.0485. The van der Waals surface area contributed by atoms with Crippen LogP contribution in [-0.4, -0.2) is 15.1 Å². The lowest BCUT2D eigenvalue weighted by atomic mass is 10.2. The first kappa shape index (κ1) is 8.22. The average molecular weight is 177 g/mol. The third-order valence-corrected chi connectivity index (χ3v) is 1.97. The highest BCUT2D eigenvalue weighted by Crippen LogP contribution is 2.13. The number of hydrogen-bond donors (Lipinski definition) is 3. The van der Waals surface area contributed by atoms with Crippen LogP contribution in [-0.2, 0) is 13.2 Å². The molecule has 0 aliphatic rings. The molecule has 1 aromatic heterocycles. The Morgan fingerprint density at radius 2 is 2.31 bits per heavy atom. The molecule has 0 aliphatic heterocycles. The van der Waals surface area contributed by atoms with E-state index in [1.807, 2.05) is 18.2 Å². The second kappa shape index (κ2) is 3.16. The number of aromatic nitrogens is 2. The minimum atomic E-state index is 0.0485. The van der Waals surface area contributed by atoms with E-state index >= 15 is 0 Å². The molecule has 1 heterocycles. The maximum Gasteiger partial charge on any atom is 0.121 e. The van der Waals surface area contributed by atoms with Crippen molar-refractivity contribution < 1.29 is 5.11 Å². The molecular formula is C9H11N3O. The quantitative estimate of drug-likeness (QED) is 0.625. The summed E-state index contributed by atoms with van der Waals surface area (Å²) in [5.74, 6) is 0.769. The first-order valence-electron chi connectivity index (χ1n) is 4.12. The van der Waals surface area contributed by atoms with Gasteiger partial charge in [-0.3, -0.25) is 0 Å². The van der Waals surface area contributed by atoms with Gasteiger partial charge < -0.3 is 15.8 Å². The predicted molar refractivity (Wildman–Crippen MR) is 49.9 cm³/mol. The third kappa shape index (κ3) is 1.41. The molecule has 68 valence electrons. The number of nitrogens with two attached hydrogens (primary N) is 1. The second-order valence-corrected chi connectivity index (χ2v) is 2.90. The molecule has 13 heavy (non-hydrogen) atoms. The topological polar surface area (TPSA) is 74.9 Å². The van der Waals surface area contributed by atoms with Crippen LogP contribution >= 0.6 is 0 Å². The lowest BCUT2D eigenvalue weighted by Crippen LogP contribution is -1.97. The van der Waals surface area contributed by atoms with Crippen molar-refractivity contribution in [2.24, 2.45) is 5.73 Å². The standard InChI is InChI=1S/C9H11N3O/c10-4-9-11-7-2-1-6(5-13)3-8(7)12-9/h1-3,13H,4-5,10H2,(H,11,12). The number of aromatic amines is 1. The zero-order valence-corrected chi connectivity index (χ0v) is 7.12. The van der Waals surface area contributed by atoms with Crippen molar-refractivity contribution in [3.8, 4) is 0 Å². The number of nitrogens with one attached hydrogen (secondary N) is 1. The maximum atomic E-state index is 8.90. The Labute approximate surface area is 75.4 Å². The van der Waals surface area contributed by atoms with Gasteiger partial charge in [0.25, 0.3) is 0 Å². The molecule has 4 heteroatoms. The Hall–Kier alpha value is -1.39. The molecule has 2 rings (SSSR count). The van der Waals surface area contributed by atoms with Crippen LogP contribution in [0, 0.1) is 0 Å². The van der Waals surface area contributed by atoms with Crippen molar-refractivity contribution in [1.29, 1.82) is 0 Å². The number of fused-ring (bicyclic) bond motifs is 1. The summed E-state index contributed by atoms with van der Waals surface area (Å²) in [5, 5.41) is 8.90. The van der Waals surface area contributed by atoms with Gasteiger partial charge in [-0.15, -0.1) is 0 Å². The Morgan fingerprint density at radius 3 is 3.00 bits per heavy atom. The van der Waals surface area contributed by atoms with Crippen molar-refractivity contribution in [2.75, 3.05) is 0 Å². The van der Waals surface area contributed by atoms with Crippen LogP contribution < -0.4 is 5.73 Å². The van der Waals surface area contributed by atoms with Crippen LogP contribution in [0.4, 0.5) is 0 Å². The van der Waals surface area contributed by atoms with Crippen LogP contribution in [0.1, 0.15) is 11.4 Å². The van der Waals surface area contributed by atoms with E-state index in [0.29, 0.717) is 6.54 Å². The fourth-order valence-corrected chi connectivity index (χ4v) is 1.30. The van der Waals surface area contributed by atoms with Gasteiger partial charge in [-0.25, -0.2) is 4.98 Å². The maximum absolute atomic E-state index is 8.90. The highest BCUT2D eigenvalue weighted by atomic mass is 16.3. The zero-order valence-electron chi connectivity index (χ0n) is 7.12. The van der Waals surface area contributed by atoms with E-state index in [0.717, 1.165) is 22.4 Å². The number of nitrogens with zero attached hydrogens (tertiary/aromatic N) is 1. The summed E-state index contributed by atoms with van der Waals surface area (Å²) < 4.78 is 0. The first-order valence-corrected chi connectivity index (χ1v) is 4.12. The second-order valence-electron chi connectivity index (χ2n) is 2.90. The van der Waals surface area contributed by atoms with Crippen molar-refractivity contribution >= 4 is 11.0 Å². The first-order chi connectivity index (χ1) is 6.33. The summed E-state index contributed by atoms with van der Waals surface area (Å²) in [5.41, 5.74) is 8.13. The minimum Gasteiger partial charge on any atom is -0.392 e. The summed E-state index contributed by atoms with van der Waals surface area (Å²) in [4.78, 5) is 7.32. The molecule has 0 aliphatic carbocycles. The highest BCUT2D eigenvalue weighted by molar-refractivity contribution is 5.75. The average Bonchev–Trinajstić information content (AvgIpc) is 2.58. The number of rotatable bonds is 2. The lowest BCUT2D eigenvalue weighted by molar-refractivity contribution is 0.282. The summed E-state index contributed by atoms with van der Waals surface area (Å²) >= 11 is 0. The summed E-state index contributed by atoms with van der Waals surface area (Å²) in [6.45, 7) is 0.454. The van der Waals surface area contributed by atoms with Gasteiger partial charge in [0.2, 0.25) is 0 Å². The number of hydrogen-bond acceptors (Lipinski definition) is 3. The lowest BCUT2D eigenvalue weighted by Gasteiger charge is -1.93. The predicted octanol–water partition coefficient (Wildman–Crippen LogP) is 0.514. The molecule has 0 unspecified atom stereocenters. The summed E-state index contributed by atoms with van der Waals surface area (Å²) in [6.07, 6.45) is 0. The number of aliphatic hydroxyl groups is 1. The zero-order chi connectivity index (χ0) is 9.26. The Bertz CT molecular complexity index is 420. The smallest absolute Gasteiger partial charge is 0.121 e. The Morgan fingerprint density at radius 1 is 1.46 bits per heavy atom. The summed E-state index contributed by atoms with van der Waals surface area (Å²) in [6, 6.07) is 5.60. The molecule has 0 saturated carbocycles. The van der Waals surface area contributed by atoms with Crippen molar-refractivity contribution in [2.45, 2.75) is 13.2 Å². The molecule has 0 amide bonds. The number of H-pyrrole nitrogens is 1. The van der Waals surface area contributed by atoms with Crippen LogP contribution in [0.5, 0.6) is 0 Å². The van der Waals surface area contributed by atoms with Gasteiger partial charge >= 0.3 is 0 Å². The SMILES string of the molecule is NCc1nc2ccc(CO)cc2[nH]1. The molecule has 0 atom stereocenters. The molecule has 0 saturated heterocycles. The fourth-order valence-electron chi connectivity index (χ4n) is 1.30. The normalized spacial score (nSPS) is 10.9. The van der Waals surface area contributed by atoms with Gasteiger partial charge in [0, 0.05) is 0 Å². The van der Waals surface area contributed by atoms with E-state index in [1.165, 1.54) is 0 Å². The van der Waals surface area contributed by atoms with E-state index in [2.05, 4.69) is 9.97 Å². The third-order valence-electron chi connectivity index (χ3n) is 1.97. The molecular weight excluding hydrogens is 166 g/mol. The van der Waals surface area contributed by atoms with Gasteiger partial charge in [-0.1, -0.05) is 6.07 Å². The molecule has 0 bridgehead atoms.